The van der Waals surface area contributed by atoms with E-state index in [9.17, 15) is 5.11 Å². The summed E-state index contributed by atoms with van der Waals surface area (Å²) in [7, 11) is 0. The Hall–Kier alpha value is -0.870. The van der Waals surface area contributed by atoms with E-state index < -0.39 is 0 Å². The Kier molecular flexibility index (Phi) is 5.40. The first kappa shape index (κ1) is 14.5. The molecule has 0 aliphatic heterocycles. The van der Waals surface area contributed by atoms with Gasteiger partial charge < -0.3 is 10.4 Å². The molecule has 0 spiro atoms. The number of halogens is 2. The van der Waals surface area contributed by atoms with Crippen LogP contribution in [0.3, 0.4) is 0 Å². The average Bonchev–Trinajstić information content (AvgIpc) is 2.43. The molecule has 2 aromatic carbocycles. The normalized spacial score (nSPS) is 12.4. The maximum Gasteiger partial charge on any atom is 0.0626 e. The Morgan fingerprint density at radius 3 is 2.53 bits per heavy atom. The molecule has 0 aromatic heterocycles. The Balaban J connectivity index is 2.04. The first-order chi connectivity index (χ1) is 9.20. The summed E-state index contributed by atoms with van der Waals surface area (Å²) in [6.45, 7) is 0.729. The minimum absolute atomic E-state index is 0.0647. The molecule has 2 N–H and O–H groups in total. The molecule has 2 rings (SSSR count). The zero-order chi connectivity index (χ0) is 13.7. The van der Waals surface area contributed by atoms with Crippen LogP contribution >= 0.6 is 27.5 Å². The number of aliphatic hydroxyl groups is 1. The van der Waals surface area contributed by atoms with Gasteiger partial charge in [0, 0.05) is 16.0 Å². The van der Waals surface area contributed by atoms with E-state index in [-0.39, 0.29) is 12.6 Å². The lowest BCUT2D eigenvalue weighted by Crippen LogP contribution is -2.24. The molecule has 0 amide bonds. The first-order valence-electron chi connectivity index (χ1n) is 6.04. The van der Waals surface area contributed by atoms with Crippen molar-refractivity contribution in [3.63, 3.8) is 0 Å². The van der Waals surface area contributed by atoms with E-state index in [1.165, 1.54) is 0 Å². The highest BCUT2D eigenvalue weighted by molar-refractivity contribution is 9.10. The summed E-state index contributed by atoms with van der Waals surface area (Å²) in [4.78, 5) is 0. The van der Waals surface area contributed by atoms with Crippen LogP contribution in [-0.4, -0.2) is 11.7 Å². The highest BCUT2D eigenvalue weighted by Crippen LogP contribution is 2.22. The maximum absolute atomic E-state index is 9.48. The zero-order valence-corrected chi connectivity index (χ0v) is 12.7. The van der Waals surface area contributed by atoms with Crippen LogP contribution in [0.25, 0.3) is 0 Å². The summed E-state index contributed by atoms with van der Waals surface area (Å²) in [5.74, 6) is 0. The third kappa shape index (κ3) is 4.05. The van der Waals surface area contributed by atoms with Crippen LogP contribution in [0.2, 0.25) is 5.02 Å². The lowest BCUT2D eigenvalue weighted by molar-refractivity contribution is 0.243. The summed E-state index contributed by atoms with van der Waals surface area (Å²) in [6, 6.07) is 15.6. The maximum atomic E-state index is 9.48. The van der Waals surface area contributed by atoms with Gasteiger partial charge in [0.15, 0.2) is 0 Å². The largest absolute Gasteiger partial charge is 0.394 e. The van der Waals surface area contributed by atoms with Gasteiger partial charge in [-0.1, -0.05) is 63.9 Å². The van der Waals surface area contributed by atoms with Gasteiger partial charge in [-0.15, -0.1) is 0 Å². The molecule has 0 saturated heterocycles. The zero-order valence-electron chi connectivity index (χ0n) is 10.3. The number of nitrogens with one attached hydrogen (secondary N) is 1. The van der Waals surface area contributed by atoms with Crippen LogP contribution < -0.4 is 5.32 Å². The number of aliphatic hydroxyl groups excluding tert-OH is 1. The van der Waals surface area contributed by atoms with Gasteiger partial charge in [0.1, 0.15) is 0 Å². The Morgan fingerprint density at radius 1 is 1.16 bits per heavy atom. The van der Waals surface area contributed by atoms with Gasteiger partial charge in [-0.05, 0) is 23.3 Å². The fraction of sp³-hybridized carbons (Fsp3) is 0.200. The fourth-order valence-corrected chi connectivity index (χ4v) is 2.69. The highest BCUT2D eigenvalue weighted by Gasteiger charge is 2.10. The Labute approximate surface area is 126 Å². The van der Waals surface area contributed by atoms with Crippen LogP contribution in [0, 0.1) is 0 Å². The lowest BCUT2D eigenvalue weighted by atomic mass is 10.1. The minimum Gasteiger partial charge on any atom is -0.394 e. The third-order valence-electron chi connectivity index (χ3n) is 2.94. The monoisotopic (exact) mass is 339 g/mol. The topological polar surface area (TPSA) is 32.3 Å². The molecule has 4 heteroatoms. The summed E-state index contributed by atoms with van der Waals surface area (Å²) in [5.41, 5.74) is 2.19. The molecule has 2 aromatic rings. The molecular weight excluding hydrogens is 326 g/mol. The van der Waals surface area contributed by atoms with Gasteiger partial charge in [0.05, 0.1) is 12.6 Å². The number of benzene rings is 2. The quantitative estimate of drug-likeness (QED) is 0.864. The molecular formula is C15H15BrClNO. The van der Waals surface area contributed by atoms with E-state index >= 15 is 0 Å². The third-order valence-corrected chi connectivity index (χ3v) is 3.91. The predicted molar refractivity (Wildman–Crippen MR) is 82.3 cm³/mol. The first-order valence-corrected chi connectivity index (χ1v) is 7.21. The van der Waals surface area contributed by atoms with Crippen LogP contribution in [0.1, 0.15) is 17.2 Å². The molecule has 1 atom stereocenters. The Bertz CT molecular complexity index is 533. The molecule has 0 saturated carbocycles. The average molecular weight is 341 g/mol. The van der Waals surface area contributed by atoms with E-state index in [0.717, 1.165) is 15.6 Å². The van der Waals surface area contributed by atoms with Gasteiger partial charge in [0.25, 0.3) is 0 Å². The molecule has 100 valence electrons. The van der Waals surface area contributed by atoms with E-state index in [1.54, 1.807) is 0 Å². The molecule has 1 unspecified atom stereocenters. The SMILES string of the molecule is OCC(NCc1ccc(Cl)cc1Br)c1ccccc1. The molecule has 0 fully saturated rings. The van der Waals surface area contributed by atoms with E-state index in [1.807, 2.05) is 48.5 Å². The van der Waals surface area contributed by atoms with E-state index in [0.29, 0.717) is 11.6 Å². The van der Waals surface area contributed by atoms with E-state index in [4.69, 9.17) is 11.6 Å². The highest BCUT2D eigenvalue weighted by atomic mass is 79.9. The number of hydrogen-bond donors (Lipinski definition) is 2. The second-order valence-electron chi connectivity index (χ2n) is 4.26. The van der Waals surface area contributed by atoms with Crippen molar-refractivity contribution in [2.75, 3.05) is 6.61 Å². The van der Waals surface area contributed by atoms with Crippen LogP contribution in [0.4, 0.5) is 0 Å². The molecule has 19 heavy (non-hydrogen) atoms. The van der Waals surface area contributed by atoms with Crippen molar-refractivity contribution in [3.05, 3.63) is 69.2 Å². The molecule has 2 nitrogen and oxygen atoms in total. The van der Waals surface area contributed by atoms with Crippen molar-refractivity contribution in [2.45, 2.75) is 12.6 Å². The van der Waals surface area contributed by atoms with Crippen LogP contribution in [0.5, 0.6) is 0 Å². The molecule has 0 radical (unpaired) electrons. The molecule has 0 aliphatic carbocycles. The lowest BCUT2D eigenvalue weighted by Gasteiger charge is -2.17. The van der Waals surface area contributed by atoms with Crippen molar-refractivity contribution in [3.8, 4) is 0 Å². The molecule has 0 bridgehead atoms. The van der Waals surface area contributed by atoms with Gasteiger partial charge in [-0.25, -0.2) is 0 Å². The smallest absolute Gasteiger partial charge is 0.0626 e. The van der Waals surface area contributed by atoms with Crippen LogP contribution in [0.15, 0.2) is 53.0 Å². The molecule has 0 aliphatic rings. The predicted octanol–water partition coefficient (Wildman–Crippen LogP) is 3.93. The second-order valence-corrected chi connectivity index (χ2v) is 5.55. The van der Waals surface area contributed by atoms with Crippen LogP contribution in [-0.2, 0) is 6.54 Å². The van der Waals surface area contributed by atoms with Crippen molar-refractivity contribution < 1.29 is 5.11 Å². The fourth-order valence-electron chi connectivity index (χ4n) is 1.87. The van der Waals surface area contributed by atoms with Crippen molar-refractivity contribution in [2.24, 2.45) is 0 Å². The Morgan fingerprint density at radius 2 is 1.89 bits per heavy atom. The van der Waals surface area contributed by atoms with Crippen molar-refractivity contribution in [1.82, 2.24) is 5.32 Å². The van der Waals surface area contributed by atoms with Gasteiger partial charge in [-0.3, -0.25) is 0 Å². The van der Waals surface area contributed by atoms with Gasteiger partial charge in [-0.2, -0.15) is 0 Å². The summed E-state index contributed by atoms with van der Waals surface area (Å²) in [6.07, 6.45) is 0. The summed E-state index contributed by atoms with van der Waals surface area (Å²) >= 11 is 9.40. The number of hydrogen-bond acceptors (Lipinski definition) is 2. The molecule has 0 heterocycles. The van der Waals surface area contributed by atoms with Gasteiger partial charge >= 0.3 is 0 Å². The number of rotatable bonds is 5. The summed E-state index contributed by atoms with van der Waals surface area (Å²) < 4.78 is 0.970. The standard InChI is InChI=1S/C15H15BrClNO/c16-14-8-13(17)7-6-12(14)9-18-15(10-19)11-4-2-1-3-5-11/h1-8,15,18-19H,9-10H2. The second kappa shape index (κ2) is 7.06. The van der Waals surface area contributed by atoms with Crippen molar-refractivity contribution in [1.29, 1.82) is 0 Å². The van der Waals surface area contributed by atoms with Crippen molar-refractivity contribution >= 4 is 27.5 Å². The van der Waals surface area contributed by atoms with Gasteiger partial charge in [0.2, 0.25) is 0 Å². The minimum atomic E-state index is -0.0659. The van der Waals surface area contributed by atoms with E-state index in [2.05, 4.69) is 21.2 Å². The summed E-state index contributed by atoms with van der Waals surface area (Å²) in [5, 5.41) is 13.5.